The third-order valence-corrected chi connectivity index (χ3v) is 6.54. The number of benzene rings is 1. The van der Waals surface area contributed by atoms with Crippen molar-refractivity contribution in [3.05, 3.63) is 72.1 Å². The van der Waals surface area contributed by atoms with Crippen LogP contribution in [0.4, 0.5) is 5.69 Å². The fourth-order valence-electron chi connectivity index (χ4n) is 5.04. The van der Waals surface area contributed by atoms with E-state index in [1.807, 2.05) is 54.6 Å². The van der Waals surface area contributed by atoms with E-state index in [2.05, 4.69) is 4.98 Å². The predicted molar refractivity (Wildman–Crippen MR) is 114 cm³/mol. The van der Waals surface area contributed by atoms with Gasteiger partial charge in [0.1, 0.15) is 5.60 Å². The molecule has 7 heteroatoms. The molecule has 1 N–H and O–H groups in total. The third kappa shape index (κ3) is 3.25. The zero-order valence-corrected chi connectivity index (χ0v) is 17.3. The van der Waals surface area contributed by atoms with Crippen molar-refractivity contribution >= 4 is 17.5 Å². The molecular weight excluding hydrogens is 394 g/mol. The van der Waals surface area contributed by atoms with Crippen LogP contribution < -0.4 is 4.90 Å². The highest BCUT2D eigenvalue weighted by molar-refractivity contribution is 6.03. The van der Waals surface area contributed by atoms with Gasteiger partial charge in [0.25, 0.3) is 0 Å². The minimum atomic E-state index is -0.752. The van der Waals surface area contributed by atoms with Crippen molar-refractivity contribution < 1.29 is 19.4 Å². The summed E-state index contributed by atoms with van der Waals surface area (Å²) in [6.45, 7) is 0.871. The van der Waals surface area contributed by atoms with Crippen LogP contribution >= 0.6 is 0 Å². The lowest BCUT2D eigenvalue weighted by Gasteiger charge is -2.27. The first-order valence-corrected chi connectivity index (χ1v) is 10.6. The summed E-state index contributed by atoms with van der Waals surface area (Å²) in [5.74, 6) is -1.24. The number of hydrogen-bond donors (Lipinski definition) is 1. The molecule has 0 aliphatic carbocycles. The first kappa shape index (κ1) is 19.9. The number of carbonyl (C=O) groups is 2. The van der Waals surface area contributed by atoms with Gasteiger partial charge < -0.3 is 19.6 Å². The van der Waals surface area contributed by atoms with Crippen LogP contribution in [0.25, 0.3) is 0 Å². The Hall–Kier alpha value is -3.03. The van der Waals surface area contributed by atoms with Gasteiger partial charge in [0, 0.05) is 25.5 Å². The zero-order chi connectivity index (χ0) is 21.6. The summed E-state index contributed by atoms with van der Waals surface area (Å²) >= 11 is 0. The minimum Gasteiger partial charge on any atom is -0.396 e. The summed E-state index contributed by atoms with van der Waals surface area (Å²) in [5, 5.41) is 9.11. The maximum atomic E-state index is 13.5. The molecule has 3 aliphatic rings. The number of aliphatic hydroxyl groups excluding tert-OH is 1. The predicted octanol–water partition coefficient (Wildman–Crippen LogP) is 1.56. The Morgan fingerprint density at radius 1 is 1.29 bits per heavy atom. The van der Waals surface area contributed by atoms with E-state index >= 15 is 0 Å². The van der Waals surface area contributed by atoms with Crippen molar-refractivity contribution in [2.24, 2.45) is 11.8 Å². The maximum Gasteiger partial charge on any atom is 0.234 e. The highest BCUT2D eigenvalue weighted by Crippen LogP contribution is 2.53. The molecule has 3 aliphatic heterocycles. The first-order valence-electron chi connectivity index (χ1n) is 10.6. The van der Waals surface area contributed by atoms with Crippen molar-refractivity contribution in [3.8, 4) is 0 Å². The minimum absolute atomic E-state index is 0.0775. The van der Waals surface area contributed by atoms with E-state index in [9.17, 15) is 9.59 Å². The molecular formula is C24H25N3O4. The van der Waals surface area contributed by atoms with Gasteiger partial charge in [-0.05, 0) is 36.2 Å². The fourth-order valence-corrected chi connectivity index (χ4v) is 5.04. The second-order valence-corrected chi connectivity index (χ2v) is 8.48. The van der Waals surface area contributed by atoms with E-state index in [4.69, 9.17) is 9.84 Å². The number of aliphatic hydroxyl groups is 1. The molecule has 2 fully saturated rings. The zero-order valence-electron chi connectivity index (χ0n) is 17.3. The molecule has 4 atom stereocenters. The quantitative estimate of drug-likeness (QED) is 0.719. The Morgan fingerprint density at radius 2 is 2.10 bits per heavy atom. The van der Waals surface area contributed by atoms with Gasteiger partial charge in [-0.2, -0.15) is 0 Å². The summed E-state index contributed by atoms with van der Waals surface area (Å²) < 4.78 is 6.23. The monoisotopic (exact) mass is 419 g/mol. The highest BCUT2D eigenvalue weighted by Gasteiger charge is 2.67. The number of anilines is 1. The van der Waals surface area contributed by atoms with Crippen molar-refractivity contribution in [1.29, 1.82) is 0 Å². The topological polar surface area (TPSA) is 83.0 Å². The largest absolute Gasteiger partial charge is 0.396 e. The summed E-state index contributed by atoms with van der Waals surface area (Å²) in [6.07, 6.45) is 5.79. The van der Waals surface area contributed by atoms with E-state index in [1.54, 1.807) is 23.0 Å². The van der Waals surface area contributed by atoms with E-state index in [-0.39, 0.29) is 24.5 Å². The van der Waals surface area contributed by atoms with Crippen LogP contribution in [0.15, 0.2) is 60.8 Å². The fraction of sp³-hybridized carbons (Fsp3) is 0.375. The molecule has 2 saturated heterocycles. The van der Waals surface area contributed by atoms with Gasteiger partial charge >= 0.3 is 0 Å². The summed E-state index contributed by atoms with van der Waals surface area (Å²) in [7, 11) is 1.75. The Kier molecular flexibility index (Phi) is 4.87. The second-order valence-electron chi connectivity index (χ2n) is 8.48. The van der Waals surface area contributed by atoms with Gasteiger partial charge in [0.05, 0.1) is 36.7 Å². The van der Waals surface area contributed by atoms with E-state index in [0.29, 0.717) is 19.5 Å². The first-order chi connectivity index (χ1) is 15.0. The van der Waals surface area contributed by atoms with E-state index in [0.717, 1.165) is 16.9 Å². The number of rotatable bonds is 6. The normalized spacial score (nSPS) is 28.3. The molecule has 1 aromatic carbocycles. The van der Waals surface area contributed by atoms with Crippen molar-refractivity contribution in [2.75, 3.05) is 25.1 Å². The maximum absolute atomic E-state index is 13.5. The second kappa shape index (κ2) is 7.59. The van der Waals surface area contributed by atoms with Gasteiger partial charge in [0.2, 0.25) is 11.8 Å². The molecule has 160 valence electrons. The van der Waals surface area contributed by atoms with Crippen LogP contribution in [-0.2, 0) is 27.3 Å². The smallest absolute Gasteiger partial charge is 0.234 e. The molecule has 2 amide bonds. The number of ether oxygens (including phenoxy) is 1. The molecule has 7 nitrogen and oxygen atoms in total. The Bertz CT molecular complexity index is 1020. The van der Waals surface area contributed by atoms with Crippen LogP contribution in [0.3, 0.4) is 0 Å². The highest BCUT2D eigenvalue weighted by atomic mass is 16.5. The molecule has 0 radical (unpaired) electrons. The van der Waals surface area contributed by atoms with Crippen LogP contribution in [-0.4, -0.2) is 58.7 Å². The van der Waals surface area contributed by atoms with Crippen LogP contribution in [0.5, 0.6) is 0 Å². The average molecular weight is 419 g/mol. The molecule has 1 aromatic heterocycles. The van der Waals surface area contributed by atoms with E-state index in [1.165, 1.54) is 0 Å². The van der Waals surface area contributed by atoms with Gasteiger partial charge in [-0.1, -0.05) is 30.4 Å². The molecule has 0 saturated carbocycles. The molecule has 2 aromatic rings. The number of aromatic nitrogens is 1. The standard InChI is InChI=1S/C24H25N3O4/c1-26(14-17-4-2-3-12-25-17)22(29)20-19-9-11-24(31-19)15-27(23(30)21(20)24)18-7-5-16(6-8-18)10-13-28/h2-9,11-12,19-21,28H,10,13-15H2,1H3/t19-,20?,21?,24-/m0/s1. The van der Waals surface area contributed by atoms with Crippen LogP contribution in [0, 0.1) is 11.8 Å². The molecule has 4 heterocycles. The third-order valence-electron chi connectivity index (χ3n) is 6.54. The number of hydrogen-bond acceptors (Lipinski definition) is 5. The van der Waals surface area contributed by atoms with Gasteiger partial charge in [-0.3, -0.25) is 14.6 Å². The van der Waals surface area contributed by atoms with Gasteiger partial charge in [-0.15, -0.1) is 0 Å². The number of nitrogens with zero attached hydrogens (tertiary/aromatic N) is 3. The number of carbonyl (C=O) groups excluding carboxylic acids is 2. The SMILES string of the molecule is CN(Cc1ccccn1)C(=O)C1C2C(=O)N(c3ccc(CCO)cc3)C[C@@]23C=C[C@@H]1O3. The lowest BCUT2D eigenvalue weighted by atomic mass is 9.76. The van der Waals surface area contributed by atoms with Crippen molar-refractivity contribution in [3.63, 3.8) is 0 Å². The van der Waals surface area contributed by atoms with E-state index < -0.39 is 17.4 Å². The summed E-state index contributed by atoms with van der Waals surface area (Å²) in [5.41, 5.74) is 1.84. The number of fused-ring (bicyclic) bond motifs is 1. The molecule has 31 heavy (non-hydrogen) atoms. The average Bonchev–Trinajstić information content (AvgIpc) is 3.43. The van der Waals surface area contributed by atoms with Crippen LogP contribution in [0.2, 0.25) is 0 Å². The van der Waals surface area contributed by atoms with Crippen molar-refractivity contribution in [2.45, 2.75) is 24.7 Å². The molecule has 2 bridgehead atoms. The number of pyridine rings is 1. The Balaban J connectivity index is 1.38. The molecule has 5 rings (SSSR count). The molecule has 2 unspecified atom stereocenters. The van der Waals surface area contributed by atoms with Gasteiger partial charge in [-0.25, -0.2) is 0 Å². The lowest BCUT2D eigenvalue weighted by molar-refractivity contribution is -0.139. The number of amides is 2. The Morgan fingerprint density at radius 3 is 2.81 bits per heavy atom. The summed E-state index contributed by atoms with van der Waals surface area (Å²) in [4.78, 5) is 34.5. The van der Waals surface area contributed by atoms with Crippen LogP contribution in [0.1, 0.15) is 11.3 Å². The summed E-state index contributed by atoms with van der Waals surface area (Å²) in [6, 6.07) is 13.2. The Labute approximate surface area is 180 Å². The molecule has 1 spiro atoms. The van der Waals surface area contributed by atoms with Crippen molar-refractivity contribution in [1.82, 2.24) is 9.88 Å². The lowest BCUT2D eigenvalue weighted by Crippen LogP contribution is -2.44. The van der Waals surface area contributed by atoms with Gasteiger partial charge in [0.15, 0.2) is 0 Å².